The van der Waals surface area contributed by atoms with Gasteiger partial charge in [0.05, 0.1) is 32.8 Å². The molecule has 2 aliphatic heterocycles. The Bertz CT molecular complexity index is 967. The first-order valence-electron chi connectivity index (χ1n) is 11.9. The molecular formula is C26H34N4O4. The molecule has 1 atom stereocenters. The van der Waals surface area contributed by atoms with Crippen LogP contribution in [0.3, 0.4) is 0 Å². The molecule has 0 aliphatic carbocycles. The van der Waals surface area contributed by atoms with Gasteiger partial charge in [0.15, 0.2) is 0 Å². The van der Waals surface area contributed by atoms with E-state index < -0.39 is 0 Å². The summed E-state index contributed by atoms with van der Waals surface area (Å²) in [4.78, 5) is 31.9. The largest absolute Gasteiger partial charge is 0.497 e. The number of carbonyl (C=O) groups is 2. The van der Waals surface area contributed by atoms with Gasteiger partial charge in [-0.3, -0.25) is 14.5 Å². The first-order valence-corrected chi connectivity index (χ1v) is 11.9. The van der Waals surface area contributed by atoms with Crippen LogP contribution in [0.2, 0.25) is 0 Å². The van der Waals surface area contributed by atoms with Crippen LogP contribution in [-0.4, -0.2) is 87.2 Å². The summed E-state index contributed by atoms with van der Waals surface area (Å²) in [7, 11) is 1.62. The minimum absolute atomic E-state index is 0.0321. The molecule has 34 heavy (non-hydrogen) atoms. The van der Waals surface area contributed by atoms with Crippen LogP contribution in [0.1, 0.15) is 12.5 Å². The monoisotopic (exact) mass is 466 g/mol. The maximum absolute atomic E-state index is 12.8. The highest BCUT2D eigenvalue weighted by Crippen LogP contribution is 2.20. The fourth-order valence-electron chi connectivity index (χ4n) is 4.42. The highest BCUT2D eigenvalue weighted by molar-refractivity contribution is 5.94. The first-order chi connectivity index (χ1) is 16.5. The summed E-state index contributed by atoms with van der Waals surface area (Å²) >= 11 is 0. The summed E-state index contributed by atoms with van der Waals surface area (Å²) in [5, 5.41) is 3.03. The van der Waals surface area contributed by atoms with Crippen molar-refractivity contribution in [2.75, 3.05) is 69.8 Å². The number of ether oxygens (including phenoxy) is 2. The van der Waals surface area contributed by atoms with E-state index in [1.54, 1.807) is 7.11 Å². The van der Waals surface area contributed by atoms with Crippen LogP contribution in [0.4, 0.5) is 11.4 Å². The lowest BCUT2D eigenvalue weighted by atomic mass is 10.1. The van der Waals surface area contributed by atoms with E-state index in [9.17, 15) is 9.59 Å². The Morgan fingerprint density at radius 3 is 2.38 bits per heavy atom. The zero-order chi connectivity index (χ0) is 23.9. The van der Waals surface area contributed by atoms with Crippen molar-refractivity contribution in [1.82, 2.24) is 9.80 Å². The van der Waals surface area contributed by atoms with Crippen molar-refractivity contribution < 1.29 is 19.1 Å². The number of carbonyl (C=O) groups excluding carboxylic acids is 2. The average molecular weight is 467 g/mol. The molecule has 2 aliphatic rings. The van der Waals surface area contributed by atoms with Crippen LogP contribution in [0.5, 0.6) is 5.75 Å². The Balaban J connectivity index is 1.24. The van der Waals surface area contributed by atoms with Crippen LogP contribution in [0, 0.1) is 0 Å². The number of hydrogen-bond donors (Lipinski definition) is 1. The molecule has 8 heteroatoms. The maximum atomic E-state index is 12.8. The third-order valence-electron chi connectivity index (χ3n) is 6.59. The zero-order valence-corrected chi connectivity index (χ0v) is 20.0. The quantitative estimate of drug-likeness (QED) is 0.675. The third-order valence-corrected chi connectivity index (χ3v) is 6.59. The average Bonchev–Trinajstić information content (AvgIpc) is 2.89. The second-order valence-electron chi connectivity index (χ2n) is 8.76. The summed E-state index contributed by atoms with van der Waals surface area (Å²) in [6.07, 6.45) is 0.355. The van der Waals surface area contributed by atoms with Gasteiger partial charge < -0.3 is 24.6 Å². The number of piperazine rings is 1. The van der Waals surface area contributed by atoms with Crippen molar-refractivity contribution in [2.45, 2.75) is 19.4 Å². The smallest absolute Gasteiger partial charge is 0.241 e. The number of hydrogen-bond acceptors (Lipinski definition) is 6. The molecule has 0 saturated carbocycles. The SMILES string of the molecule is COc1cccc(CC(=O)N2CCN(C(C)C(=O)Nc3ccc(N4CCOCC4)cc3)CC2)c1. The Labute approximate surface area is 201 Å². The summed E-state index contributed by atoms with van der Waals surface area (Å²) in [6.45, 7) is 7.77. The van der Waals surface area contributed by atoms with Crippen LogP contribution in [0.25, 0.3) is 0 Å². The van der Waals surface area contributed by atoms with Crippen molar-refractivity contribution in [3.05, 3.63) is 54.1 Å². The molecule has 2 aromatic rings. The fourth-order valence-corrected chi connectivity index (χ4v) is 4.42. The van der Waals surface area contributed by atoms with E-state index in [2.05, 4.69) is 15.1 Å². The van der Waals surface area contributed by atoms with Gasteiger partial charge >= 0.3 is 0 Å². The van der Waals surface area contributed by atoms with Crippen molar-refractivity contribution in [3.8, 4) is 5.75 Å². The number of benzene rings is 2. The van der Waals surface area contributed by atoms with Gasteiger partial charge in [0.25, 0.3) is 0 Å². The van der Waals surface area contributed by atoms with E-state index in [0.717, 1.165) is 49.0 Å². The van der Waals surface area contributed by atoms with E-state index in [-0.39, 0.29) is 17.9 Å². The predicted molar refractivity (Wildman–Crippen MR) is 132 cm³/mol. The van der Waals surface area contributed by atoms with Crippen LogP contribution in [0.15, 0.2) is 48.5 Å². The molecular weight excluding hydrogens is 432 g/mol. The topological polar surface area (TPSA) is 74.4 Å². The van der Waals surface area contributed by atoms with E-state index in [1.165, 1.54) is 0 Å². The lowest BCUT2D eigenvalue weighted by Gasteiger charge is -2.37. The first kappa shape index (κ1) is 24.0. The molecule has 0 bridgehead atoms. The van der Waals surface area contributed by atoms with Gasteiger partial charge in [-0.25, -0.2) is 0 Å². The molecule has 2 aromatic carbocycles. The summed E-state index contributed by atoms with van der Waals surface area (Å²) in [5.74, 6) is 0.825. The highest BCUT2D eigenvalue weighted by Gasteiger charge is 2.27. The number of anilines is 2. The molecule has 0 aromatic heterocycles. The van der Waals surface area contributed by atoms with Crippen molar-refractivity contribution >= 4 is 23.2 Å². The van der Waals surface area contributed by atoms with Crippen molar-refractivity contribution in [1.29, 1.82) is 0 Å². The number of morpholine rings is 1. The molecule has 1 N–H and O–H groups in total. The van der Waals surface area contributed by atoms with Crippen molar-refractivity contribution in [2.24, 2.45) is 0 Å². The summed E-state index contributed by atoms with van der Waals surface area (Å²) in [5.41, 5.74) is 2.88. The summed E-state index contributed by atoms with van der Waals surface area (Å²) in [6, 6.07) is 15.3. The van der Waals surface area contributed by atoms with Gasteiger partial charge in [-0.1, -0.05) is 12.1 Å². The minimum Gasteiger partial charge on any atom is -0.497 e. The number of nitrogens with one attached hydrogen (secondary N) is 1. The Morgan fingerprint density at radius 1 is 1.00 bits per heavy atom. The van der Waals surface area contributed by atoms with Crippen molar-refractivity contribution in [3.63, 3.8) is 0 Å². The highest BCUT2D eigenvalue weighted by atomic mass is 16.5. The molecule has 2 amide bonds. The van der Waals surface area contributed by atoms with E-state index in [0.29, 0.717) is 32.6 Å². The van der Waals surface area contributed by atoms with Gasteiger partial charge in [0.2, 0.25) is 11.8 Å². The van der Waals surface area contributed by atoms with Gasteiger partial charge in [0.1, 0.15) is 5.75 Å². The van der Waals surface area contributed by atoms with Gasteiger partial charge in [-0.15, -0.1) is 0 Å². The van der Waals surface area contributed by atoms with Gasteiger partial charge in [-0.2, -0.15) is 0 Å². The molecule has 0 spiro atoms. The molecule has 182 valence electrons. The molecule has 2 fully saturated rings. The normalized spacial score (nSPS) is 17.8. The predicted octanol–water partition coefficient (Wildman–Crippen LogP) is 2.25. The lowest BCUT2D eigenvalue weighted by molar-refractivity contribution is -0.133. The van der Waals surface area contributed by atoms with E-state index in [1.807, 2.05) is 60.4 Å². The van der Waals surface area contributed by atoms with Gasteiger partial charge in [-0.05, 0) is 48.9 Å². The molecule has 0 radical (unpaired) electrons. The molecule has 2 saturated heterocycles. The second-order valence-corrected chi connectivity index (χ2v) is 8.76. The van der Waals surface area contributed by atoms with E-state index >= 15 is 0 Å². The number of nitrogens with zero attached hydrogens (tertiary/aromatic N) is 3. The molecule has 8 nitrogen and oxygen atoms in total. The lowest BCUT2D eigenvalue weighted by Crippen LogP contribution is -2.54. The van der Waals surface area contributed by atoms with Crippen LogP contribution < -0.4 is 15.0 Å². The standard InChI is InChI=1S/C26H34N4O4/c1-20(26(32)27-22-6-8-23(9-7-22)29-14-16-34-17-15-29)28-10-12-30(13-11-28)25(31)19-21-4-3-5-24(18-21)33-2/h3-9,18,20H,10-17,19H2,1-2H3,(H,27,32). The van der Waals surface area contributed by atoms with E-state index in [4.69, 9.17) is 9.47 Å². The fraction of sp³-hybridized carbons (Fsp3) is 0.462. The molecule has 2 heterocycles. The Morgan fingerprint density at radius 2 is 1.71 bits per heavy atom. The van der Waals surface area contributed by atoms with Crippen LogP contribution >= 0.6 is 0 Å². The zero-order valence-electron chi connectivity index (χ0n) is 20.0. The summed E-state index contributed by atoms with van der Waals surface area (Å²) < 4.78 is 10.7. The third kappa shape index (κ3) is 6.07. The minimum atomic E-state index is -0.269. The number of amides is 2. The Hall–Kier alpha value is -3.10. The molecule has 1 unspecified atom stereocenters. The van der Waals surface area contributed by atoms with Gasteiger partial charge in [0, 0.05) is 50.6 Å². The molecule has 4 rings (SSSR count). The van der Waals surface area contributed by atoms with Crippen LogP contribution in [-0.2, 0) is 20.7 Å². The second kappa shape index (κ2) is 11.4. The number of rotatable bonds is 7. The maximum Gasteiger partial charge on any atom is 0.241 e. The Kier molecular flexibility index (Phi) is 8.03. The number of methoxy groups -OCH3 is 1.